The van der Waals surface area contributed by atoms with E-state index in [4.69, 9.17) is 23.7 Å². The van der Waals surface area contributed by atoms with Crippen LogP contribution in [0.1, 0.15) is 121 Å². The molecule has 2 aromatic rings. The van der Waals surface area contributed by atoms with Crippen molar-refractivity contribution >= 4 is 23.9 Å². The van der Waals surface area contributed by atoms with Crippen molar-refractivity contribution < 1.29 is 52.4 Å². The fraction of sp³-hybridized carbons (Fsp3) is 0.520. The molecule has 1 N–H and O–H groups in total. The van der Waals surface area contributed by atoms with Crippen LogP contribution in [0.25, 0.3) is 11.1 Å². The molecule has 0 saturated heterocycles. The second-order valence-electron chi connectivity index (χ2n) is 16.8. The van der Waals surface area contributed by atoms with Crippen molar-refractivity contribution in [3.05, 3.63) is 101 Å². The summed E-state index contributed by atoms with van der Waals surface area (Å²) in [5.74, 6) is -1.59. The average molecular weight is 847 g/mol. The van der Waals surface area contributed by atoms with Gasteiger partial charge in [0.15, 0.2) is 0 Å². The molecule has 1 aliphatic rings. The SMILES string of the molecule is C=C(C)C(=O)OCCCc1cc(-c2ccc(C3CCC(CCCCC)CC3)cc2F)cc(CCCO)c1OCC(COC(=O)C(=C)C)(COC(=O)C(=C)C)COC(=O)C(=C)C. The van der Waals surface area contributed by atoms with Gasteiger partial charge in [0.2, 0.25) is 0 Å². The maximum absolute atomic E-state index is 16.3. The molecule has 61 heavy (non-hydrogen) atoms. The minimum atomic E-state index is -1.45. The molecule has 334 valence electrons. The predicted molar refractivity (Wildman–Crippen MR) is 235 cm³/mol. The zero-order valence-corrected chi connectivity index (χ0v) is 37.1. The van der Waals surface area contributed by atoms with Crippen LogP contribution in [-0.2, 0) is 51.0 Å². The van der Waals surface area contributed by atoms with E-state index in [1.807, 2.05) is 24.3 Å². The van der Waals surface area contributed by atoms with Crippen molar-refractivity contribution in [3.8, 4) is 16.9 Å². The molecule has 0 radical (unpaired) electrons. The van der Waals surface area contributed by atoms with Gasteiger partial charge in [0.05, 0.1) is 6.61 Å². The highest BCUT2D eigenvalue weighted by Gasteiger charge is 2.38. The Morgan fingerprint density at radius 1 is 0.689 bits per heavy atom. The van der Waals surface area contributed by atoms with Gasteiger partial charge in [-0.15, -0.1) is 0 Å². The van der Waals surface area contributed by atoms with E-state index in [1.165, 1.54) is 46.5 Å². The lowest BCUT2D eigenvalue weighted by Gasteiger charge is -2.33. The van der Waals surface area contributed by atoms with Crippen LogP contribution in [-0.4, -0.2) is 68.6 Å². The Balaban J connectivity index is 2.09. The third-order valence-corrected chi connectivity index (χ3v) is 11.0. The largest absolute Gasteiger partial charge is 0.492 e. The topological polar surface area (TPSA) is 135 Å². The second-order valence-corrected chi connectivity index (χ2v) is 16.8. The van der Waals surface area contributed by atoms with E-state index < -0.39 is 49.1 Å². The fourth-order valence-electron chi connectivity index (χ4n) is 7.27. The molecule has 0 atom stereocenters. The smallest absolute Gasteiger partial charge is 0.333 e. The third-order valence-electron chi connectivity index (χ3n) is 11.0. The van der Waals surface area contributed by atoms with Crippen LogP contribution in [0.5, 0.6) is 5.75 Å². The Hall–Kier alpha value is -5.03. The molecule has 0 bridgehead atoms. The molecular formula is C50H67FO10. The molecule has 0 unspecified atom stereocenters. The first kappa shape index (κ1) is 50.3. The highest BCUT2D eigenvalue weighted by molar-refractivity contribution is 5.88. The summed E-state index contributed by atoms with van der Waals surface area (Å²) in [6.07, 6.45) is 10.8. The highest BCUT2D eigenvalue weighted by atomic mass is 19.1. The Kier molecular flexibility index (Phi) is 20.7. The van der Waals surface area contributed by atoms with E-state index in [0.29, 0.717) is 59.6 Å². The molecule has 0 heterocycles. The molecule has 11 heteroatoms. The van der Waals surface area contributed by atoms with Gasteiger partial charge >= 0.3 is 23.9 Å². The van der Waals surface area contributed by atoms with Crippen molar-refractivity contribution in [1.82, 2.24) is 0 Å². The van der Waals surface area contributed by atoms with Gasteiger partial charge in [0.25, 0.3) is 0 Å². The number of aliphatic hydroxyl groups is 1. The Bertz CT molecular complexity index is 1810. The molecule has 1 aliphatic carbocycles. The summed E-state index contributed by atoms with van der Waals surface area (Å²) < 4.78 is 45.1. The summed E-state index contributed by atoms with van der Waals surface area (Å²) in [5.41, 5.74) is 2.48. The van der Waals surface area contributed by atoms with E-state index in [0.717, 1.165) is 37.2 Å². The first-order valence-corrected chi connectivity index (χ1v) is 21.5. The normalized spacial score (nSPS) is 15.0. The Morgan fingerprint density at radius 3 is 1.67 bits per heavy atom. The Labute approximate surface area is 362 Å². The van der Waals surface area contributed by atoms with E-state index in [2.05, 4.69) is 33.2 Å². The van der Waals surface area contributed by atoms with Gasteiger partial charge in [-0.25, -0.2) is 23.6 Å². The van der Waals surface area contributed by atoms with E-state index in [9.17, 15) is 24.3 Å². The van der Waals surface area contributed by atoms with Gasteiger partial charge < -0.3 is 28.8 Å². The monoisotopic (exact) mass is 846 g/mol. The number of aliphatic hydroxyl groups excluding tert-OH is 1. The van der Waals surface area contributed by atoms with Crippen LogP contribution in [0.2, 0.25) is 0 Å². The molecule has 1 saturated carbocycles. The number of rotatable bonds is 26. The van der Waals surface area contributed by atoms with E-state index in [1.54, 1.807) is 13.0 Å². The molecule has 3 rings (SSSR count). The number of aryl methyl sites for hydroxylation is 2. The minimum Gasteiger partial charge on any atom is -0.492 e. The maximum atomic E-state index is 16.3. The van der Waals surface area contributed by atoms with Crippen LogP contribution in [0.3, 0.4) is 0 Å². The van der Waals surface area contributed by atoms with Crippen molar-refractivity contribution in [3.63, 3.8) is 0 Å². The van der Waals surface area contributed by atoms with Gasteiger partial charge in [0, 0.05) is 34.5 Å². The van der Waals surface area contributed by atoms with Crippen LogP contribution < -0.4 is 4.74 Å². The summed E-state index contributed by atoms with van der Waals surface area (Å²) >= 11 is 0. The first-order valence-electron chi connectivity index (χ1n) is 21.5. The van der Waals surface area contributed by atoms with Crippen LogP contribution in [0.15, 0.2) is 78.9 Å². The lowest BCUT2D eigenvalue weighted by Crippen LogP contribution is -2.44. The zero-order valence-electron chi connectivity index (χ0n) is 37.1. The van der Waals surface area contributed by atoms with Gasteiger partial charge in [-0.3, -0.25) is 0 Å². The van der Waals surface area contributed by atoms with E-state index in [-0.39, 0.29) is 47.9 Å². The molecule has 1 fully saturated rings. The molecule has 2 aromatic carbocycles. The summed E-state index contributed by atoms with van der Waals surface area (Å²) in [5, 5.41) is 9.95. The van der Waals surface area contributed by atoms with Gasteiger partial charge in [-0.05, 0) is 131 Å². The molecule has 10 nitrogen and oxygen atoms in total. The number of halogens is 1. The summed E-state index contributed by atoms with van der Waals surface area (Å²) in [7, 11) is 0. The Morgan fingerprint density at radius 2 is 1.20 bits per heavy atom. The lowest BCUT2D eigenvalue weighted by atomic mass is 9.77. The number of benzene rings is 2. The number of carbonyl (C=O) groups is 4. The maximum Gasteiger partial charge on any atom is 0.333 e. The quantitative estimate of drug-likeness (QED) is 0.0422. The van der Waals surface area contributed by atoms with Crippen LogP contribution in [0, 0.1) is 17.2 Å². The second kappa shape index (κ2) is 25.0. The van der Waals surface area contributed by atoms with Crippen molar-refractivity contribution in [2.75, 3.05) is 39.6 Å². The van der Waals surface area contributed by atoms with Gasteiger partial charge in [-0.2, -0.15) is 0 Å². The van der Waals surface area contributed by atoms with Crippen LogP contribution in [0.4, 0.5) is 4.39 Å². The molecular weight excluding hydrogens is 780 g/mol. The molecule has 0 aliphatic heterocycles. The number of esters is 4. The number of carbonyl (C=O) groups excluding carboxylic acids is 4. The molecule has 0 aromatic heterocycles. The van der Waals surface area contributed by atoms with E-state index >= 15 is 4.39 Å². The number of unbranched alkanes of at least 4 members (excludes halogenated alkanes) is 2. The number of hydrogen-bond acceptors (Lipinski definition) is 10. The average Bonchev–Trinajstić information content (AvgIpc) is 3.23. The predicted octanol–water partition coefficient (Wildman–Crippen LogP) is 10.0. The fourth-order valence-corrected chi connectivity index (χ4v) is 7.27. The van der Waals surface area contributed by atoms with Crippen molar-refractivity contribution in [2.45, 2.75) is 118 Å². The summed E-state index contributed by atoms with van der Waals surface area (Å²) in [4.78, 5) is 50.3. The number of ether oxygens (including phenoxy) is 5. The van der Waals surface area contributed by atoms with Crippen LogP contribution >= 0.6 is 0 Å². The minimum absolute atomic E-state index is 0.0692. The van der Waals surface area contributed by atoms with Crippen molar-refractivity contribution in [1.29, 1.82) is 0 Å². The van der Waals surface area contributed by atoms with Gasteiger partial charge in [-0.1, -0.05) is 71.1 Å². The highest BCUT2D eigenvalue weighted by Crippen LogP contribution is 2.40. The van der Waals surface area contributed by atoms with Crippen molar-refractivity contribution in [2.24, 2.45) is 11.3 Å². The number of hydrogen-bond donors (Lipinski definition) is 1. The first-order chi connectivity index (χ1) is 29.0. The summed E-state index contributed by atoms with van der Waals surface area (Å²) in [6, 6.07) is 9.18. The molecule has 0 spiro atoms. The third kappa shape index (κ3) is 16.1. The summed E-state index contributed by atoms with van der Waals surface area (Å²) in [6.45, 7) is 21.3. The van der Waals surface area contributed by atoms with Gasteiger partial charge in [0.1, 0.15) is 43.4 Å². The standard InChI is InChI=1S/C50H67FO10/c1-10-11-12-15-37-18-20-38(21-19-37)39-22-23-43(44(51)28-39)42-26-40(16-13-24-52)45(41(27-42)17-14-25-57-46(53)33(2)3)58-29-50(30-59-47(54)34(4)5,31-60-48(55)35(6)7)32-61-49(56)36(8)9/h22-23,26-28,37-38,52H,2,4,6,8,10-21,24-25,29-32H2,1,3,5,7,9H3. The molecule has 0 amide bonds. The lowest BCUT2D eigenvalue weighted by molar-refractivity contribution is -0.159. The zero-order chi connectivity index (χ0) is 45.1.